The third-order valence-corrected chi connectivity index (χ3v) is 5.91. The van der Waals surface area contributed by atoms with E-state index >= 15 is 0 Å². The number of nitrogens with one attached hydrogen (secondary N) is 2. The third-order valence-electron chi connectivity index (χ3n) is 5.91. The van der Waals surface area contributed by atoms with Gasteiger partial charge in [0.05, 0.1) is 18.5 Å². The van der Waals surface area contributed by atoms with Crippen molar-refractivity contribution in [2.24, 2.45) is 0 Å². The Labute approximate surface area is 193 Å². The van der Waals surface area contributed by atoms with Crippen molar-refractivity contribution in [2.45, 2.75) is 26.3 Å². The van der Waals surface area contributed by atoms with E-state index < -0.39 is 0 Å². The van der Waals surface area contributed by atoms with E-state index in [4.69, 9.17) is 4.74 Å². The van der Waals surface area contributed by atoms with Gasteiger partial charge in [-0.3, -0.25) is 14.7 Å². The highest BCUT2D eigenvalue weighted by atomic mass is 16.5. The smallest absolute Gasteiger partial charge is 0.269 e. The van der Waals surface area contributed by atoms with Crippen molar-refractivity contribution in [3.05, 3.63) is 64.3 Å². The number of carbonyl (C=O) groups is 1. The number of methoxy groups -OCH3 is 1. The summed E-state index contributed by atoms with van der Waals surface area (Å²) in [6, 6.07) is 5.66. The number of amides is 1. The Hall–Kier alpha value is -3.74. The number of pyridine rings is 2. The van der Waals surface area contributed by atoms with Crippen LogP contribution in [-0.4, -0.2) is 54.0 Å². The quantitative estimate of drug-likeness (QED) is 0.660. The number of hydrogen-bond acceptors (Lipinski definition) is 7. The van der Waals surface area contributed by atoms with Crippen molar-refractivity contribution in [3.8, 4) is 5.88 Å². The molecule has 2 aliphatic heterocycles. The van der Waals surface area contributed by atoms with Gasteiger partial charge >= 0.3 is 0 Å². The Morgan fingerprint density at radius 1 is 1.36 bits per heavy atom. The highest BCUT2D eigenvalue weighted by Gasteiger charge is 2.20. The summed E-state index contributed by atoms with van der Waals surface area (Å²) < 4.78 is 5.45. The molecule has 8 nitrogen and oxygen atoms in total. The molecule has 0 unspecified atom stereocenters. The molecule has 0 atom stereocenters. The molecule has 0 saturated carbocycles. The Kier molecular flexibility index (Phi) is 6.68. The van der Waals surface area contributed by atoms with E-state index in [1.54, 1.807) is 20.2 Å². The lowest BCUT2D eigenvalue weighted by Gasteiger charge is -2.27. The van der Waals surface area contributed by atoms with Gasteiger partial charge in [-0.25, -0.2) is 9.78 Å². The van der Waals surface area contributed by atoms with Gasteiger partial charge in [-0.2, -0.15) is 0 Å². The summed E-state index contributed by atoms with van der Waals surface area (Å²) in [5.74, 6) is 2.21. The van der Waals surface area contributed by atoms with Crippen LogP contribution in [0.2, 0.25) is 0 Å². The molecule has 33 heavy (non-hydrogen) atoms. The van der Waals surface area contributed by atoms with Crippen LogP contribution in [0.3, 0.4) is 0 Å². The zero-order valence-corrected chi connectivity index (χ0v) is 19.1. The number of ether oxygens (including phenoxy) is 1. The first kappa shape index (κ1) is 22.5. The van der Waals surface area contributed by atoms with Crippen LogP contribution in [0, 0.1) is 0 Å². The second-order valence-electron chi connectivity index (χ2n) is 7.95. The lowest BCUT2D eigenvalue weighted by molar-refractivity contribution is 0.0957. The topological polar surface area (TPSA) is 96.5 Å². The first-order valence-corrected chi connectivity index (χ1v) is 11.0. The summed E-state index contributed by atoms with van der Waals surface area (Å²) in [4.78, 5) is 34.4. The van der Waals surface area contributed by atoms with Crippen molar-refractivity contribution < 1.29 is 14.3 Å². The number of carbonyl (C=O) groups excluding carboxylic acids is 2. The molecule has 0 radical (unpaired) electrons. The number of hydrogen-bond donors (Lipinski definition) is 2. The summed E-state index contributed by atoms with van der Waals surface area (Å²) in [7, 11) is 3.14. The Morgan fingerprint density at radius 3 is 2.88 bits per heavy atom. The minimum absolute atomic E-state index is 0.242. The maximum atomic E-state index is 11.9. The summed E-state index contributed by atoms with van der Waals surface area (Å²) in [6.07, 6.45) is 7.61. The molecule has 0 aliphatic carbocycles. The van der Waals surface area contributed by atoms with Crippen LogP contribution < -0.4 is 15.4 Å². The van der Waals surface area contributed by atoms with Crippen LogP contribution in [0.15, 0.2) is 41.7 Å². The molecule has 0 fully saturated rings. The molecule has 2 aliphatic rings. The van der Waals surface area contributed by atoms with Crippen molar-refractivity contribution in [1.29, 1.82) is 0 Å². The number of nitrogens with zero attached hydrogens (tertiary/aromatic N) is 3. The Bertz CT molecular complexity index is 1190. The van der Waals surface area contributed by atoms with Crippen LogP contribution in [0.5, 0.6) is 5.88 Å². The number of anilines is 1. The fraction of sp³-hybridized carbons (Fsp3) is 0.320. The first-order chi connectivity index (χ1) is 16.1. The molecule has 0 aromatic carbocycles. The van der Waals surface area contributed by atoms with Gasteiger partial charge in [-0.05, 0) is 53.8 Å². The zero-order chi connectivity index (χ0) is 23.4. The molecule has 0 bridgehead atoms. The van der Waals surface area contributed by atoms with Crippen LogP contribution in [0.1, 0.15) is 47.1 Å². The highest BCUT2D eigenvalue weighted by molar-refractivity contribution is 5.92. The molecule has 2 aromatic heterocycles. The molecule has 4 heterocycles. The summed E-state index contributed by atoms with van der Waals surface area (Å²) in [5, 5.41) is 5.74. The Morgan fingerprint density at radius 2 is 2.21 bits per heavy atom. The van der Waals surface area contributed by atoms with Gasteiger partial charge in [-0.1, -0.05) is 13.0 Å². The van der Waals surface area contributed by atoms with Gasteiger partial charge in [0.15, 0.2) is 5.94 Å². The highest BCUT2D eigenvalue weighted by Crippen LogP contribution is 2.31. The van der Waals surface area contributed by atoms with E-state index in [9.17, 15) is 9.59 Å². The molecule has 2 aromatic rings. The molecule has 2 N–H and O–H groups in total. The molecular formula is C25H27N5O3. The van der Waals surface area contributed by atoms with Gasteiger partial charge in [0.2, 0.25) is 5.88 Å². The van der Waals surface area contributed by atoms with Crippen molar-refractivity contribution in [1.82, 2.24) is 20.2 Å². The third kappa shape index (κ3) is 4.72. The predicted molar refractivity (Wildman–Crippen MR) is 127 cm³/mol. The number of fused-ring (bicyclic) bond motifs is 1. The van der Waals surface area contributed by atoms with Gasteiger partial charge in [0.1, 0.15) is 11.4 Å². The normalized spacial score (nSPS) is 15.5. The molecular weight excluding hydrogens is 418 g/mol. The van der Waals surface area contributed by atoms with E-state index in [1.807, 2.05) is 37.3 Å². The maximum absolute atomic E-state index is 11.9. The number of allylic oxidation sites excluding steroid dienone is 1. The van der Waals surface area contributed by atoms with Crippen molar-refractivity contribution >= 4 is 29.2 Å². The zero-order valence-electron chi connectivity index (χ0n) is 19.1. The van der Waals surface area contributed by atoms with Crippen LogP contribution in [0.4, 0.5) is 5.69 Å². The molecule has 0 spiro atoms. The largest absolute Gasteiger partial charge is 0.481 e. The van der Waals surface area contributed by atoms with E-state index in [-0.39, 0.29) is 5.91 Å². The van der Waals surface area contributed by atoms with Crippen LogP contribution in [-0.2, 0) is 11.3 Å². The second-order valence-corrected chi connectivity index (χ2v) is 7.95. The SMILES string of the molecule is CCC1=Cc2ncc(CN3CC=C(c4ccc(C(=O)NC)nc4OC)CC3)cc2NC1=C=O. The first-order valence-electron chi connectivity index (χ1n) is 11.0. The van der Waals surface area contributed by atoms with Crippen molar-refractivity contribution in [2.75, 3.05) is 32.6 Å². The van der Waals surface area contributed by atoms with Gasteiger partial charge in [0, 0.05) is 38.4 Å². The molecule has 8 heteroatoms. The standard InChI is InChI=1S/C25H27N5O3/c1-4-17-12-21-22(28-23(17)15-31)11-16(13-27-21)14-30-9-7-18(8-10-30)19-5-6-20(24(32)26-2)29-25(19)33-3/h5-7,11-13,28H,4,8-10,14H2,1-3H3,(H,26,32). The van der Waals surface area contributed by atoms with Crippen molar-refractivity contribution in [3.63, 3.8) is 0 Å². The number of aromatic nitrogens is 2. The van der Waals surface area contributed by atoms with Gasteiger partial charge in [-0.15, -0.1) is 0 Å². The van der Waals surface area contributed by atoms with E-state index in [2.05, 4.69) is 31.6 Å². The average molecular weight is 446 g/mol. The molecule has 0 saturated heterocycles. The van der Waals surface area contributed by atoms with Gasteiger partial charge in [0.25, 0.3) is 5.91 Å². The van der Waals surface area contributed by atoms with Gasteiger partial charge < -0.3 is 15.4 Å². The maximum Gasteiger partial charge on any atom is 0.269 e. The minimum Gasteiger partial charge on any atom is -0.481 e. The van der Waals surface area contributed by atoms with Crippen LogP contribution >= 0.6 is 0 Å². The predicted octanol–water partition coefficient (Wildman–Crippen LogP) is 3.07. The average Bonchev–Trinajstić information content (AvgIpc) is 2.87. The molecule has 1 amide bonds. The van der Waals surface area contributed by atoms with E-state index in [1.165, 1.54) is 0 Å². The second kappa shape index (κ2) is 9.81. The summed E-state index contributed by atoms with van der Waals surface area (Å²) in [6.45, 7) is 4.40. The summed E-state index contributed by atoms with van der Waals surface area (Å²) >= 11 is 0. The molecule has 4 rings (SSSR count). The fourth-order valence-corrected chi connectivity index (χ4v) is 4.09. The Balaban J connectivity index is 1.47. The van der Waals surface area contributed by atoms with E-state index in [0.29, 0.717) is 17.3 Å². The lowest BCUT2D eigenvalue weighted by atomic mass is 9.99. The van der Waals surface area contributed by atoms with Crippen LogP contribution in [0.25, 0.3) is 11.6 Å². The fourth-order valence-electron chi connectivity index (χ4n) is 4.09. The monoisotopic (exact) mass is 445 g/mol. The molecule has 170 valence electrons. The van der Waals surface area contributed by atoms with E-state index in [0.717, 1.165) is 66.1 Å². The number of rotatable bonds is 6. The summed E-state index contributed by atoms with van der Waals surface area (Å²) in [5.41, 5.74) is 6.56. The lowest BCUT2D eigenvalue weighted by Crippen LogP contribution is -2.28. The minimum atomic E-state index is -0.242.